The molecule has 0 saturated heterocycles. The summed E-state index contributed by atoms with van der Waals surface area (Å²) in [6.07, 6.45) is 1.72. The Morgan fingerprint density at radius 2 is 2.04 bits per heavy atom. The van der Waals surface area contributed by atoms with Crippen molar-refractivity contribution in [3.05, 3.63) is 54.3 Å². The predicted octanol–water partition coefficient (Wildman–Crippen LogP) is 3.77. The van der Waals surface area contributed by atoms with Gasteiger partial charge < -0.3 is 13.7 Å². The number of imidazole rings is 1. The van der Waals surface area contributed by atoms with Crippen LogP contribution in [0.4, 0.5) is 0 Å². The van der Waals surface area contributed by atoms with Gasteiger partial charge in [-0.1, -0.05) is 18.2 Å². The number of furan rings is 1. The van der Waals surface area contributed by atoms with Crippen LogP contribution in [0.15, 0.2) is 53.1 Å². The molecule has 0 saturated carbocycles. The van der Waals surface area contributed by atoms with Crippen LogP contribution in [0.5, 0.6) is 0 Å². The molecule has 114 valence electrons. The number of rotatable bonds is 2. The van der Waals surface area contributed by atoms with E-state index in [9.17, 15) is 4.79 Å². The summed E-state index contributed by atoms with van der Waals surface area (Å²) in [5.41, 5.74) is 3.95. The molecule has 5 nitrogen and oxygen atoms in total. The number of para-hydroxylation sites is 1. The van der Waals surface area contributed by atoms with Gasteiger partial charge in [0, 0.05) is 12.4 Å². The summed E-state index contributed by atoms with van der Waals surface area (Å²) in [5.74, 6) is 0.440. The molecule has 23 heavy (non-hydrogen) atoms. The summed E-state index contributed by atoms with van der Waals surface area (Å²) in [6, 6.07) is 13.2. The lowest BCUT2D eigenvalue weighted by atomic mass is 10.1. The third-order valence-corrected chi connectivity index (χ3v) is 4.02. The van der Waals surface area contributed by atoms with Gasteiger partial charge in [0.1, 0.15) is 17.7 Å². The molecule has 0 aliphatic rings. The van der Waals surface area contributed by atoms with Crippen molar-refractivity contribution in [3.8, 4) is 11.4 Å². The van der Waals surface area contributed by atoms with E-state index < -0.39 is 0 Å². The standard InChI is InChI=1S/C18H14N2O3/c1-20-15-9-11(18(21)22-2)7-8-14(15)19-17(20)13-10-23-16-6-4-3-5-12(13)16/h3-10H,1-2H3. The third kappa shape index (κ3) is 2.01. The average Bonchev–Trinajstić information content (AvgIpc) is 3.15. The molecule has 4 aromatic rings. The fraction of sp³-hybridized carbons (Fsp3) is 0.111. The van der Waals surface area contributed by atoms with Crippen LogP contribution in [0.1, 0.15) is 10.4 Å². The number of ether oxygens (including phenoxy) is 1. The van der Waals surface area contributed by atoms with E-state index in [1.165, 1.54) is 7.11 Å². The van der Waals surface area contributed by atoms with Crippen LogP contribution in [-0.2, 0) is 11.8 Å². The van der Waals surface area contributed by atoms with Gasteiger partial charge in [0.25, 0.3) is 0 Å². The fourth-order valence-corrected chi connectivity index (χ4v) is 2.83. The normalized spacial score (nSPS) is 11.2. The van der Waals surface area contributed by atoms with Crippen molar-refractivity contribution < 1.29 is 13.9 Å². The SMILES string of the molecule is COC(=O)c1ccc2nc(-c3coc4ccccc34)n(C)c2c1. The summed E-state index contributed by atoms with van der Waals surface area (Å²) in [7, 11) is 3.30. The predicted molar refractivity (Wildman–Crippen MR) is 87.3 cm³/mol. The Morgan fingerprint density at radius 3 is 2.87 bits per heavy atom. The largest absolute Gasteiger partial charge is 0.465 e. The van der Waals surface area contributed by atoms with Gasteiger partial charge in [-0.3, -0.25) is 0 Å². The second-order valence-electron chi connectivity index (χ2n) is 5.34. The molecule has 4 rings (SSSR count). The first-order valence-corrected chi connectivity index (χ1v) is 7.20. The summed E-state index contributed by atoms with van der Waals surface area (Å²) in [6.45, 7) is 0. The number of carbonyl (C=O) groups excluding carboxylic acids is 1. The molecule has 0 spiro atoms. The van der Waals surface area contributed by atoms with E-state index in [0.29, 0.717) is 5.56 Å². The highest BCUT2D eigenvalue weighted by atomic mass is 16.5. The van der Waals surface area contributed by atoms with Crippen molar-refractivity contribution in [2.45, 2.75) is 0 Å². The van der Waals surface area contributed by atoms with E-state index >= 15 is 0 Å². The summed E-state index contributed by atoms with van der Waals surface area (Å²) >= 11 is 0. The highest BCUT2D eigenvalue weighted by molar-refractivity contribution is 5.97. The van der Waals surface area contributed by atoms with E-state index in [-0.39, 0.29) is 5.97 Å². The molecule has 0 amide bonds. The molecule has 0 atom stereocenters. The van der Waals surface area contributed by atoms with Crippen LogP contribution in [0.25, 0.3) is 33.4 Å². The van der Waals surface area contributed by atoms with E-state index in [1.54, 1.807) is 18.4 Å². The fourth-order valence-electron chi connectivity index (χ4n) is 2.83. The van der Waals surface area contributed by atoms with E-state index in [4.69, 9.17) is 9.15 Å². The maximum absolute atomic E-state index is 11.7. The van der Waals surface area contributed by atoms with Crippen LogP contribution in [0.3, 0.4) is 0 Å². The van der Waals surface area contributed by atoms with E-state index in [2.05, 4.69) is 4.98 Å². The average molecular weight is 306 g/mol. The molecule has 0 unspecified atom stereocenters. The Bertz CT molecular complexity index is 1040. The van der Waals surface area contributed by atoms with Gasteiger partial charge in [0.15, 0.2) is 0 Å². The lowest BCUT2D eigenvalue weighted by Gasteiger charge is -2.02. The van der Waals surface area contributed by atoms with E-state index in [1.807, 2.05) is 41.9 Å². The topological polar surface area (TPSA) is 57.3 Å². The lowest BCUT2D eigenvalue weighted by molar-refractivity contribution is 0.0601. The zero-order valence-corrected chi connectivity index (χ0v) is 12.7. The van der Waals surface area contributed by atoms with Crippen LogP contribution < -0.4 is 0 Å². The Kier molecular flexibility index (Phi) is 2.94. The molecule has 0 radical (unpaired) electrons. The van der Waals surface area contributed by atoms with Crippen molar-refractivity contribution in [1.29, 1.82) is 0 Å². The highest BCUT2D eigenvalue weighted by Gasteiger charge is 2.16. The number of aromatic nitrogens is 2. The quantitative estimate of drug-likeness (QED) is 0.529. The number of methoxy groups -OCH3 is 1. The number of hydrogen-bond acceptors (Lipinski definition) is 4. The first-order chi connectivity index (χ1) is 11.2. The Morgan fingerprint density at radius 1 is 1.22 bits per heavy atom. The number of hydrogen-bond donors (Lipinski definition) is 0. The first-order valence-electron chi connectivity index (χ1n) is 7.20. The minimum atomic E-state index is -0.358. The second kappa shape index (κ2) is 4.98. The zero-order valence-electron chi connectivity index (χ0n) is 12.7. The summed E-state index contributed by atoms with van der Waals surface area (Å²) in [4.78, 5) is 16.4. The Hall–Kier alpha value is -3.08. The lowest BCUT2D eigenvalue weighted by Crippen LogP contribution is -2.01. The van der Waals surface area contributed by atoms with Crippen molar-refractivity contribution in [3.63, 3.8) is 0 Å². The summed E-state index contributed by atoms with van der Waals surface area (Å²) < 4.78 is 12.3. The maximum atomic E-state index is 11.7. The van der Waals surface area contributed by atoms with Gasteiger partial charge >= 0.3 is 5.97 Å². The molecule has 2 aromatic carbocycles. The van der Waals surface area contributed by atoms with Crippen LogP contribution in [0.2, 0.25) is 0 Å². The third-order valence-electron chi connectivity index (χ3n) is 4.02. The number of aryl methyl sites for hydroxylation is 1. The minimum absolute atomic E-state index is 0.358. The van der Waals surface area contributed by atoms with Gasteiger partial charge in [0.05, 0.1) is 29.3 Å². The van der Waals surface area contributed by atoms with Gasteiger partial charge in [-0.15, -0.1) is 0 Å². The molecule has 2 aromatic heterocycles. The van der Waals surface area contributed by atoms with Crippen molar-refractivity contribution in [2.75, 3.05) is 7.11 Å². The molecule has 0 aliphatic heterocycles. The first kappa shape index (κ1) is 13.6. The van der Waals surface area contributed by atoms with Gasteiger partial charge in [-0.2, -0.15) is 0 Å². The minimum Gasteiger partial charge on any atom is -0.465 e. The number of benzene rings is 2. The van der Waals surface area contributed by atoms with Crippen LogP contribution in [-0.4, -0.2) is 22.6 Å². The number of fused-ring (bicyclic) bond motifs is 2. The smallest absolute Gasteiger partial charge is 0.337 e. The monoisotopic (exact) mass is 306 g/mol. The maximum Gasteiger partial charge on any atom is 0.337 e. The number of carbonyl (C=O) groups is 1. The van der Waals surface area contributed by atoms with Gasteiger partial charge in [-0.05, 0) is 24.3 Å². The molecule has 0 aliphatic carbocycles. The zero-order chi connectivity index (χ0) is 16.0. The van der Waals surface area contributed by atoms with Crippen molar-refractivity contribution in [1.82, 2.24) is 9.55 Å². The number of esters is 1. The molecular weight excluding hydrogens is 292 g/mol. The van der Waals surface area contributed by atoms with Gasteiger partial charge in [-0.25, -0.2) is 9.78 Å². The second-order valence-corrected chi connectivity index (χ2v) is 5.34. The molecule has 2 heterocycles. The van der Waals surface area contributed by atoms with Crippen molar-refractivity contribution in [2.24, 2.45) is 7.05 Å². The Labute approximate surface area is 132 Å². The number of nitrogens with zero attached hydrogens (tertiary/aromatic N) is 2. The molecule has 0 fully saturated rings. The van der Waals surface area contributed by atoms with Crippen molar-refractivity contribution >= 4 is 28.0 Å². The molecular formula is C18H14N2O3. The van der Waals surface area contributed by atoms with Crippen LogP contribution >= 0.6 is 0 Å². The molecule has 0 N–H and O–H groups in total. The molecule has 0 bridgehead atoms. The Balaban J connectivity index is 1.94. The highest BCUT2D eigenvalue weighted by Crippen LogP contribution is 2.31. The molecule has 5 heteroatoms. The van der Waals surface area contributed by atoms with E-state index in [0.717, 1.165) is 33.4 Å². The van der Waals surface area contributed by atoms with Gasteiger partial charge in [0.2, 0.25) is 0 Å². The summed E-state index contributed by atoms with van der Waals surface area (Å²) in [5, 5.41) is 1.01. The van der Waals surface area contributed by atoms with Crippen LogP contribution in [0, 0.1) is 0 Å².